The predicted octanol–water partition coefficient (Wildman–Crippen LogP) is 4.13. The summed E-state index contributed by atoms with van der Waals surface area (Å²) >= 11 is 0. The van der Waals surface area contributed by atoms with Crippen molar-refractivity contribution in [3.05, 3.63) is 66.2 Å². The summed E-state index contributed by atoms with van der Waals surface area (Å²) in [6.45, 7) is 4.74. The molecule has 0 N–H and O–H groups in total. The summed E-state index contributed by atoms with van der Waals surface area (Å²) in [7, 11) is 3.55. The molecule has 1 atom stereocenters. The molecular weight excluding hydrogens is 376 g/mol. The van der Waals surface area contributed by atoms with Crippen LogP contribution in [0.3, 0.4) is 0 Å². The molecule has 0 aliphatic carbocycles. The SMILES string of the molecule is COc1ccc(C(C)(C)C(=O)N2CCCC2c2ccc(-c3cnn(C)c3)cn2)cc1. The highest BCUT2D eigenvalue weighted by atomic mass is 16.5. The molecule has 0 bridgehead atoms. The lowest BCUT2D eigenvalue weighted by Crippen LogP contribution is -2.43. The van der Waals surface area contributed by atoms with Gasteiger partial charge in [0.2, 0.25) is 5.91 Å². The molecule has 1 aromatic carbocycles. The number of ether oxygens (including phenoxy) is 1. The van der Waals surface area contributed by atoms with Crippen LogP contribution in [0, 0.1) is 0 Å². The quantitative estimate of drug-likeness (QED) is 0.641. The van der Waals surface area contributed by atoms with E-state index in [9.17, 15) is 4.79 Å². The summed E-state index contributed by atoms with van der Waals surface area (Å²) < 4.78 is 7.03. The van der Waals surface area contributed by atoms with Gasteiger partial charge < -0.3 is 9.64 Å². The number of aryl methyl sites for hydroxylation is 1. The average molecular weight is 405 g/mol. The van der Waals surface area contributed by atoms with Gasteiger partial charge in [0, 0.05) is 37.1 Å². The lowest BCUT2D eigenvalue weighted by atomic mass is 9.83. The third-order valence-electron chi connectivity index (χ3n) is 6.03. The van der Waals surface area contributed by atoms with E-state index in [1.165, 1.54) is 0 Å². The van der Waals surface area contributed by atoms with E-state index in [0.29, 0.717) is 0 Å². The number of nitrogens with zero attached hydrogens (tertiary/aromatic N) is 4. The average Bonchev–Trinajstić information content (AvgIpc) is 3.42. The van der Waals surface area contributed by atoms with Crippen molar-refractivity contribution in [2.45, 2.75) is 38.1 Å². The van der Waals surface area contributed by atoms with Gasteiger partial charge in [-0.2, -0.15) is 5.10 Å². The van der Waals surface area contributed by atoms with Gasteiger partial charge in [0.25, 0.3) is 0 Å². The van der Waals surface area contributed by atoms with Crippen molar-refractivity contribution >= 4 is 5.91 Å². The zero-order chi connectivity index (χ0) is 21.3. The number of amides is 1. The van der Waals surface area contributed by atoms with Crippen LogP contribution in [0.15, 0.2) is 55.0 Å². The van der Waals surface area contributed by atoms with E-state index >= 15 is 0 Å². The highest BCUT2D eigenvalue weighted by Crippen LogP contribution is 2.36. The van der Waals surface area contributed by atoms with Gasteiger partial charge in [-0.15, -0.1) is 0 Å². The minimum atomic E-state index is -0.621. The van der Waals surface area contributed by atoms with Crippen molar-refractivity contribution in [2.24, 2.45) is 7.05 Å². The van der Waals surface area contributed by atoms with Crippen molar-refractivity contribution in [2.75, 3.05) is 13.7 Å². The van der Waals surface area contributed by atoms with Crippen LogP contribution in [0.2, 0.25) is 0 Å². The number of rotatable bonds is 5. The molecular formula is C24H28N4O2. The topological polar surface area (TPSA) is 60.2 Å². The van der Waals surface area contributed by atoms with Gasteiger partial charge in [0.15, 0.2) is 0 Å². The number of hydrogen-bond donors (Lipinski definition) is 0. The molecule has 6 nitrogen and oxygen atoms in total. The first-order valence-electron chi connectivity index (χ1n) is 10.3. The van der Waals surface area contributed by atoms with E-state index < -0.39 is 5.41 Å². The Morgan fingerprint density at radius 2 is 1.87 bits per heavy atom. The summed E-state index contributed by atoms with van der Waals surface area (Å²) in [5, 5.41) is 4.22. The molecule has 2 aromatic heterocycles. The van der Waals surface area contributed by atoms with E-state index in [0.717, 1.165) is 47.5 Å². The van der Waals surface area contributed by atoms with Gasteiger partial charge in [-0.05, 0) is 50.5 Å². The summed E-state index contributed by atoms with van der Waals surface area (Å²) in [4.78, 5) is 20.3. The molecule has 1 unspecified atom stereocenters. The van der Waals surface area contributed by atoms with Crippen molar-refractivity contribution in [3.8, 4) is 16.9 Å². The Kier molecular flexibility index (Phi) is 5.33. The fourth-order valence-electron chi connectivity index (χ4n) is 4.15. The monoisotopic (exact) mass is 404 g/mol. The van der Waals surface area contributed by atoms with Gasteiger partial charge >= 0.3 is 0 Å². The molecule has 30 heavy (non-hydrogen) atoms. The van der Waals surface area contributed by atoms with Crippen LogP contribution >= 0.6 is 0 Å². The summed E-state index contributed by atoms with van der Waals surface area (Å²) in [5.41, 5.74) is 3.38. The third-order valence-corrected chi connectivity index (χ3v) is 6.03. The summed E-state index contributed by atoms with van der Waals surface area (Å²) in [5.74, 6) is 0.923. The van der Waals surface area contributed by atoms with E-state index in [2.05, 4.69) is 11.2 Å². The van der Waals surface area contributed by atoms with Crippen molar-refractivity contribution < 1.29 is 9.53 Å². The Morgan fingerprint density at radius 3 is 2.47 bits per heavy atom. The third kappa shape index (κ3) is 3.70. The number of aromatic nitrogens is 3. The highest BCUT2D eigenvalue weighted by Gasteiger charge is 2.39. The van der Waals surface area contributed by atoms with E-state index in [1.807, 2.05) is 74.7 Å². The van der Waals surface area contributed by atoms with Crippen LogP contribution in [0.1, 0.15) is 44.0 Å². The molecule has 0 saturated carbocycles. The maximum absolute atomic E-state index is 13.6. The molecule has 3 heterocycles. The molecule has 1 saturated heterocycles. The molecule has 1 aliphatic heterocycles. The number of hydrogen-bond acceptors (Lipinski definition) is 4. The number of pyridine rings is 1. The standard InChI is InChI=1S/C24H28N4O2/c1-24(2,19-8-10-20(30-4)11-9-19)23(29)28-13-5-6-22(28)21-12-7-17(14-25-21)18-15-26-27(3)16-18/h7-12,14-16,22H,5-6,13H2,1-4H3. The Morgan fingerprint density at radius 1 is 1.10 bits per heavy atom. The normalized spacial score (nSPS) is 16.7. The van der Waals surface area contributed by atoms with Crippen LogP contribution in [0.4, 0.5) is 0 Å². The predicted molar refractivity (Wildman–Crippen MR) is 116 cm³/mol. The van der Waals surface area contributed by atoms with Crippen LogP contribution in [-0.2, 0) is 17.3 Å². The molecule has 156 valence electrons. The van der Waals surface area contributed by atoms with Crippen LogP contribution in [0.25, 0.3) is 11.1 Å². The summed E-state index contributed by atoms with van der Waals surface area (Å²) in [6.07, 6.45) is 7.60. The first-order valence-corrected chi connectivity index (χ1v) is 10.3. The Balaban J connectivity index is 1.55. The second-order valence-corrected chi connectivity index (χ2v) is 8.38. The fourth-order valence-corrected chi connectivity index (χ4v) is 4.15. The molecule has 6 heteroatoms. The molecule has 0 radical (unpaired) electrons. The van der Waals surface area contributed by atoms with E-state index in [4.69, 9.17) is 9.72 Å². The Labute approximate surface area is 177 Å². The lowest BCUT2D eigenvalue weighted by Gasteiger charge is -2.33. The zero-order valence-electron chi connectivity index (χ0n) is 18.0. The lowest BCUT2D eigenvalue weighted by molar-refractivity contribution is -0.137. The van der Waals surface area contributed by atoms with Gasteiger partial charge in [-0.25, -0.2) is 0 Å². The minimum absolute atomic E-state index is 0.0120. The molecule has 3 aromatic rings. The largest absolute Gasteiger partial charge is 0.497 e. The number of carbonyl (C=O) groups is 1. The van der Waals surface area contributed by atoms with E-state index in [1.54, 1.807) is 11.8 Å². The van der Waals surface area contributed by atoms with Crippen LogP contribution in [0.5, 0.6) is 5.75 Å². The number of likely N-dealkylation sites (tertiary alicyclic amines) is 1. The van der Waals surface area contributed by atoms with Crippen LogP contribution in [-0.4, -0.2) is 39.2 Å². The fraction of sp³-hybridized carbons (Fsp3) is 0.375. The van der Waals surface area contributed by atoms with Gasteiger partial charge in [0.05, 0.1) is 30.5 Å². The maximum atomic E-state index is 13.6. The Hall–Kier alpha value is -3.15. The zero-order valence-corrected chi connectivity index (χ0v) is 18.0. The second-order valence-electron chi connectivity index (χ2n) is 8.38. The van der Waals surface area contributed by atoms with Crippen molar-refractivity contribution in [1.82, 2.24) is 19.7 Å². The number of carbonyl (C=O) groups excluding carboxylic acids is 1. The first-order chi connectivity index (χ1) is 14.4. The number of methoxy groups -OCH3 is 1. The van der Waals surface area contributed by atoms with Crippen molar-refractivity contribution in [1.29, 1.82) is 0 Å². The molecule has 1 aliphatic rings. The highest BCUT2D eigenvalue weighted by molar-refractivity contribution is 5.88. The maximum Gasteiger partial charge on any atom is 0.233 e. The first kappa shape index (κ1) is 20.1. The smallest absolute Gasteiger partial charge is 0.233 e. The molecule has 0 spiro atoms. The van der Waals surface area contributed by atoms with Gasteiger partial charge in [0.1, 0.15) is 5.75 Å². The molecule has 1 fully saturated rings. The number of benzene rings is 1. The molecule has 4 rings (SSSR count). The van der Waals surface area contributed by atoms with Crippen molar-refractivity contribution in [3.63, 3.8) is 0 Å². The Bertz CT molecular complexity index is 1020. The van der Waals surface area contributed by atoms with Crippen LogP contribution < -0.4 is 4.74 Å². The van der Waals surface area contributed by atoms with E-state index in [-0.39, 0.29) is 11.9 Å². The summed E-state index contributed by atoms with van der Waals surface area (Å²) in [6, 6.07) is 11.9. The molecule has 1 amide bonds. The minimum Gasteiger partial charge on any atom is -0.497 e. The second kappa shape index (κ2) is 7.94. The van der Waals surface area contributed by atoms with Gasteiger partial charge in [-0.3, -0.25) is 14.5 Å². The van der Waals surface area contributed by atoms with Gasteiger partial charge in [-0.1, -0.05) is 18.2 Å².